The highest BCUT2D eigenvalue weighted by Gasteiger charge is 2.58. The molecular formula is C19H14FN3O6S. The minimum atomic E-state index is -1.28. The van der Waals surface area contributed by atoms with Crippen LogP contribution in [0.4, 0.5) is 21.5 Å². The van der Waals surface area contributed by atoms with Crippen LogP contribution in [0.25, 0.3) is 0 Å². The normalized spacial score (nSPS) is 19.2. The molecule has 1 N–H and O–H groups in total. The molecule has 1 fully saturated rings. The number of para-hydroxylation sites is 1. The third-order valence-electron chi connectivity index (χ3n) is 4.76. The van der Waals surface area contributed by atoms with E-state index in [0.717, 1.165) is 23.1 Å². The maximum absolute atomic E-state index is 13.8. The average Bonchev–Trinajstić information content (AvgIpc) is 3.23. The Morgan fingerprint density at radius 3 is 2.83 bits per heavy atom. The minimum absolute atomic E-state index is 0.168. The first-order valence-electron chi connectivity index (χ1n) is 8.84. The van der Waals surface area contributed by atoms with Gasteiger partial charge in [-0.05, 0) is 18.2 Å². The third kappa shape index (κ3) is 3.26. The van der Waals surface area contributed by atoms with Crippen LogP contribution in [0.15, 0.2) is 47.4 Å². The number of rotatable bonds is 5. The Kier molecular flexibility index (Phi) is 4.90. The minimum Gasteiger partial charge on any atom is -0.453 e. The molecule has 4 rings (SSSR count). The number of nitrogens with one attached hydrogen (secondary N) is 1. The lowest BCUT2D eigenvalue weighted by atomic mass is 10.2. The number of benzene rings is 2. The lowest BCUT2D eigenvalue weighted by Gasteiger charge is -2.28. The number of anilines is 2. The first kappa shape index (κ1) is 19.8. The van der Waals surface area contributed by atoms with Gasteiger partial charge in [0, 0.05) is 29.9 Å². The molecular weight excluding hydrogens is 417 g/mol. The molecule has 0 aliphatic carbocycles. The molecule has 2 amide bonds. The average molecular weight is 431 g/mol. The largest absolute Gasteiger partial charge is 0.453 e. The second kappa shape index (κ2) is 7.41. The summed E-state index contributed by atoms with van der Waals surface area (Å²) in [5.41, 5.74) is -0.184. The van der Waals surface area contributed by atoms with Crippen LogP contribution in [0, 0.1) is 15.9 Å². The van der Waals surface area contributed by atoms with E-state index in [2.05, 4.69) is 5.32 Å². The summed E-state index contributed by atoms with van der Waals surface area (Å²) in [4.78, 5) is 48.3. The van der Waals surface area contributed by atoms with Gasteiger partial charge in [-0.15, -0.1) is 0 Å². The van der Waals surface area contributed by atoms with Crippen molar-refractivity contribution in [2.24, 2.45) is 0 Å². The molecule has 2 aromatic rings. The summed E-state index contributed by atoms with van der Waals surface area (Å²) in [6.07, 6.45) is 0.396. The maximum Gasteiger partial charge on any atom is 0.344 e. The molecule has 2 heterocycles. The van der Waals surface area contributed by atoms with Crippen LogP contribution in [-0.4, -0.2) is 34.2 Å². The predicted octanol–water partition coefficient (Wildman–Crippen LogP) is 2.84. The summed E-state index contributed by atoms with van der Waals surface area (Å²) in [7, 11) is 0. The molecule has 0 radical (unpaired) electrons. The van der Waals surface area contributed by atoms with Crippen LogP contribution in [0.1, 0.15) is 12.8 Å². The van der Waals surface area contributed by atoms with Gasteiger partial charge in [-0.3, -0.25) is 24.6 Å². The highest BCUT2D eigenvalue weighted by atomic mass is 32.2. The number of amides is 2. The lowest BCUT2D eigenvalue weighted by Crippen LogP contribution is -2.48. The number of carbonyl (C=O) groups excluding carboxylic acids is 3. The number of nitrogens with zero attached hydrogens (tertiary/aromatic N) is 2. The molecule has 30 heavy (non-hydrogen) atoms. The monoisotopic (exact) mass is 431 g/mol. The molecule has 11 heteroatoms. The Morgan fingerprint density at radius 1 is 1.30 bits per heavy atom. The Bertz CT molecular complexity index is 1090. The molecule has 154 valence electrons. The van der Waals surface area contributed by atoms with E-state index in [0.29, 0.717) is 5.69 Å². The van der Waals surface area contributed by atoms with E-state index in [9.17, 15) is 28.9 Å². The molecule has 2 aliphatic heterocycles. The van der Waals surface area contributed by atoms with Gasteiger partial charge >= 0.3 is 5.97 Å². The number of nitro groups is 1. The second-order valence-corrected chi connectivity index (χ2v) is 7.95. The van der Waals surface area contributed by atoms with Crippen LogP contribution in [0.5, 0.6) is 0 Å². The summed E-state index contributed by atoms with van der Waals surface area (Å²) < 4.78 is 19.0. The van der Waals surface area contributed by atoms with Crippen molar-refractivity contribution in [2.75, 3.05) is 16.8 Å². The Hall–Kier alpha value is -3.47. The molecule has 0 spiro atoms. The first-order chi connectivity index (χ1) is 14.3. The van der Waals surface area contributed by atoms with Gasteiger partial charge in [0.25, 0.3) is 11.6 Å². The van der Waals surface area contributed by atoms with Gasteiger partial charge in [0.1, 0.15) is 5.82 Å². The summed E-state index contributed by atoms with van der Waals surface area (Å²) in [5, 5.41) is 13.0. The van der Waals surface area contributed by atoms with Crippen molar-refractivity contribution in [3.05, 3.63) is 58.4 Å². The van der Waals surface area contributed by atoms with Crippen molar-refractivity contribution in [1.29, 1.82) is 0 Å². The fraction of sp³-hybridized carbons (Fsp3) is 0.211. The Balaban J connectivity index is 1.45. The Labute approximate surface area is 173 Å². The number of fused-ring (bicyclic) bond motifs is 3. The van der Waals surface area contributed by atoms with E-state index in [1.807, 2.05) is 0 Å². The van der Waals surface area contributed by atoms with E-state index < -0.39 is 45.5 Å². The zero-order chi connectivity index (χ0) is 21.5. The molecule has 0 aromatic heterocycles. The van der Waals surface area contributed by atoms with Crippen LogP contribution >= 0.6 is 11.8 Å². The highest BCUT2D eigenvalue weighted by Crippen LogP contribution is 2.56. The van der Waals surface area contributed by atoms with Crippen molar-refractivity contribution in [3.8, 4) is 0 Å². The van der Waals surface area contributed by atoms with Crippen LogP contribution in [0.2, 0.25) is 0 Å². The standard InChI is InChI=1S/C19H14FN3O6S/c20-12-6-5-11(23(27)28)9-13(12)21-16(24)10-29-18(26)19-8-7-17(25)22(19)14-3-1-2-4-15(14)30-19/h1-6,9H,7-8,10H2,(H,21,24)/t19-/m0/s1. The van der Waals surface area contributed by atoms with Crippen LogP contribution in [0.3, 0.4) is 0 Å². The van der Waals surface area contributed by atoms with Crippen LogP contribution < -0.4 is 10.2 Å². The topological polar surface area (TPSA) is 119 Å². The van der Waals surface area contributed by atoms with Gasteiger partial charge < -0.3 is 10.1 Å². The smallest absolute Gasteiger partial charge is 0.344 e. The fourth-order valence-electron chi connectivity index (χ4n) is 3.42. The molecule has 9 nitrogen and oxygen atoms in total. The number of hydrogen-bond donors (Lipinski definition) is 1. The zero-order valence-corrected chi connectivity index (χ0v) is 16.1. The van der Waals surface area contributed by atoms with Gasteiger partial charge in [0.05, 0.1) is 16.3 Å². The maximum atomic E-state index is 13.8. The van der Waals surface area contributed by atoms with Gasteiger partial charge in [0.2, 0.25) is 5.91 Å². The van der Waals surface area contributed by atoms with E-state index >= 15 is 0 Å². The molecule has 1 atom stereocenters. The molecule has 0 bridgehead atoms. The zero-order valence-electron chi connectivity index (χ0n) is 15.3. The SMILES string of the molecule is O=C(COC(=O)[C@@]12CCC(=O)N1c1ccccc1S2)Nc1cc([N+](=O)[O-])ccc1F. The lowest BCUT2D eigenvalue weighted by molar-refractivity contribution is -0.384. The van der Waals surface area contributed by atoms with Gasteiger partial charge in [0.15, 0.2) is 11.5 Å². The van der Waals surface area contributed by atoms with Gasteiger partial charge in [-0.25, -0.2) is 9.18 Å². The van der Waals surface area contributed by atoms with Crippen molar-refractivity contribution in [1.82, 2.24) is 0 Å². The summed E-state index contributed by atoms with van der Waals surface area (Å²) in [6.45, 7) is -0.734. The van der Waals surface area contributed by atoms with Crippen molar-refractivity contribution < 1.29 is 28.4 Å². The predicted molar refractivity (Wildman–Crippen MR) is 104 cm³/mol. The van der Waals surface area contributed by atoms with Gasteiger partial charge in [-0.2, -0.15) is 0 Å². The molecule has 2 aliphatic rings. The summed E-state index contributed by atoms with van der Waals surface area (Å²) >= 11 is 1.19. The van der Waals surface area contributed by atoms with Crippen molar-refractivity contribution >= 4 is 46.6 Å². The van der Waals surface area contributed by atoms with Crippen LogP contribution in [-0.2, 0) is 19.1 Å². The molecule has 1 saturated heterocycles. The summed E-state index contributed by atoms with van der Waals surface area (Å²) in [5.74, 6) is -2.71. The molecule has 0 unspecified atom stereocenters. The van der Waals surface area contributed by atoms with E-state index in [-0.39, 0.29) is 18.7 Å². The molecule has 0 saturated carbocycles. The van der Waals surface area contributed by atoms with Crippen molar-refractivity contribution in [2.45, 2.75) is 22.6 Å². The number of ether oxygens (including phenoxy) is 1. The highest BCUT2D eigenvalue weighted by molar-refractivity contribution is 8.02. The number of esters is 1. The van der Waals surface area contributed by atoms with Gasteiger partial charge in [-0.1, -0.05) is 23.9 Å². The van der Waals surface area contributed by atoms with E-state index in [1.54, 1.807) is 24.3 Å². The number of carbonyl (C=O) groups is 3. The quantitative estimate of drug-likeness (QED) is 0.439. The molecule has 2 aromatic carbocycles. The first-order valence-corrected chi connectivity index (χ1v) is 9.65. The third-order valence-corrected chi connectivity index (χ3v) is 6.22. The number of thioether (sulfide) groups is 1. The number of halogens is 1. The van der Waals surface area contributed by atoms with E-state index in [4.69, 9.17) is 4.74 Å². The Morgan fingerprint density at radius 2 is 2.07 bits per heavy atom. The van der Waals surface area contributed by atoms with E-state index in [1.165, 1.54) is 16.7 Å². The number of hydrogen-bond acceptors (Lipinski definition) is 7. The fourth-order valence-corrected chi connectivity index (χ4v) is 4.84. The summed E-state index contributed by atoms with van der Waals surface area (Å²) in [6, 6.07) is 9.76. The second-order valence-electron chi connectivity index (χ2n) is 6.63. The van der Waals surface area contributed by atoms with Crippen molar-refractivity contribution in [3.63, 3.8) is 0 Å². The number of non-ortho nitro benzene ring substituents is 1. The number of nitro benzene ring substituents is 1.